The zero-order valence-corrected chi connectivity index (χ0v) is 15.2. The number of hydrogen-bond acceptors (Lipinski definition) is 5. The Bertz CT molecular complexity index is 741. The van der Waals surface area contributed by atoms with Crippen LogP contribution in [0.3, 0.4) is 0 Å². The van der Waals surface area contributed by atoms with E-state index in [0.717, 1.165) is 18.7 Å². The Labute approximate surface area is 152 Å². The molecule has 1 amide bonds. The van der Waals surface area contributed by atoms with E-state index < -0.39 is 6.04 Å². The molecule has 0 aliphatic heterocycles. The third kappa shape index (κ3) is 4.46. The third-order valence-electron chi connectivity index (χ3n) is 4.77. The SMILES string of the molecule is CN(C)C(C(=O)NCCc1noc(C2CCCC2)n1)c1cccc(F)c1. The topological polar surface area (TPSA) is 71.3 Å². The summed E-state index contributed by atoms with van der Waals surface area (Å²) in [5.41, 5.74) is 0.621. The molecule has 1 aromatic carbocycles. The molecule has 7 heteroatoms. The van der Waals surface area contributed by atoms with Crippen LogP contribution in [-0.4, -0.2) is 41.6 Å². The molecule has 0 saturated heterocycles. The highest BCUT2D eigenvalue weighted by molar-refractivity contribution is 5.83. The number of amides is 1. The van der Waals surface area contributed by atoms with Gasteiger partial charge in [0.2, 0.25) is 11.8 Å². The van der Waals surface area contributed by atoms with Crippen molar-refractivity contribution < 1.29 is 13.7 Å². The molecule has 0 radical (unpaired) electrons. The molecule has 1 saturated carbocycles. The quantitative estimate of drug-likeness (QED) is 0.822. The second-order valence-electron chi connectivity index (χ2n) is 6.99. The number of carbonyl (C=O) groups is 1. The van der Waals surface area contributed by atoms with E-state index in [-0.39, 0.29) is 11.7 Å². The number of likely N-dealkylation sites (N-methyl/N-ethyl adjacent to an activating group) is 1. The maximum atomic E-state index is 13.5. The standard InChI is InChI=1S/C19H25FN4O2/c1-24(2)17(14-8-5-9-15(20)12-14)18(25)21-11-10-16-22-19(26-23-16)13-6-3-4-7-13/h5,8-9,12-13,17H,3-4,6-7,10-11H2,1-2H3,(H,21,25). The van der Waals surface area contributed by atoms with Crippen molar-refractivity contribution in [3.8, 4) is 0 Å². The van der Waals surface area contributed by atoms with Crippen molar-refractivity contribution in [3.05, 3.63) is 47.4 Å². The lowest BCUT2D eigenvalue weighted by atomic mass is 10.1. The highest BCUT2D eigenvalue weighted by Gasteiger charge is 2.24. The van der Waals surface area contributed by atoms with Gasteiger partial charge >= 0.3 is 0 Å². The maximum absolute atomic E-state index is 13.5. The largest absolute Gasteiger partial charge is 0.354 e. The lowest BCUT2D eigenvalue weighted by Crippen LogP contribution is -2.38. The van der Waals surface area contributed by atoms with E-state index in [1.165, 1.54) is 25.0 Å². The first-order valence-electron chi connectivity index (χ1n) is 9.06. The van der Waals surface area contributed by atoms with Crippen molar-refractivity contribution in [3.63, 3.8) is 0 Å². The first kappa shape index (κ1) is 18.5. The predicted molar refractivity (Wildman–Crippen MR) is 95.0 cm³/mol. The maximum Gasteiger partial charge on any atom is 0.241 e. The average Bonchev–Trinajstić information content (AvgIpc) is 3.26. The van der Waals surface area contributed by atoms with Crippen molar-refractivity contribution in [1.82, 2.24) is 20.4 Å². The Morgan fingerprint density at radius 1 is 1.38 bits per heavy atom. The highest BCUT2D eigenvalue weighted by Crippen LogP contribution is 2.32. The van der Waals surface area contributed by atoms with E-state index >= 15 is 0 Å². The van der Waals surface area contributed by atoms with E-state index in [1.54, 1.807) is 31.1 Å². The summed E-state index contributed by atoms with van der Waals surface area (Å²) in [5.74, 6) is 1.18. The van der Waals surface area contributed by atoms with Gasteiger partial charge in [-0.15, -0.1) is 0 Å². The average molecular weight is 360 g/mol. The first-order valence-corrected chi connectivity index (χ1v) is 9.06. The molecule has 1 aromatic heterocycles. The van der Waals surface area contributed by atoms with Gasteiger partial charge in [-0.25, -0.2) is 4.39 Å². The van der Waals surface area contributed by atoms with Crippen molar-refractivity contribution in [1.29, 1.82) is 0 Å². The van der Waals surface area contributed by atoms with Crippen LogP contribution < -0.4 is 5.32 Å². The van der Waals surface area contributed by atoms with E-state index in [2.05, 4.69) is 15.5 Å². The number of rotatable bonds is 7. The molecule has 26 heavy (non-hydrogen) atoms. The van der Waals surface area contributed by atoms with Crippen LogP contribution in [0.1, 0.15) is 54.9 Å². The van der Waals surface area contributed by atoms with Gasteiger partial charge in [-0.2, -0.15) is 4.98 Å². The molecule has 2 aromatic rings. The monoisotopic (exact) mass is 360 g/mol. The molecule has 6 nitrogen and oxygen atoms in total. The lowest BCUT2D eigenvalue weighted by Gasteiger charge is -2.23. The Morgan fingerprint density at radius 2 is 2.15 bits per heavy atom. The molecular weight excluding hydrogens is 335 g/mol. The molecule has 1 atom stereocenters. The fraction of sp³-hybridized carbons (Fsp3) is 0.526. The van der Waals surface area contributed by atoms with Crippen LogP contribution in [0.25, 0.3) is 0 Å². The fourth-order valence-corrected chi connectivity index (χ4v) is 3.46. The fourth-order valence-electron chi connectivity index (χ4n) is 3.46. The minimum atomic E-state index is -0.551. The van der Waals surface area contributed by atoms with E-state index in [9.17, 15) is 9.18 Å². The first-order chi connectivity index (χ1) is 12.5. The minimum absolute atomic E-state index is 0.180. The Balaban J connectivity index is 1.55. The number of nitrogens with zero attached hydrogens (tertiary/aromatic N) is 3. The summed E-state index contributed by atoms with van der Waals surface area (Å²) >= 11 is 0. The van der Waals surface area contributed by atoms with Gasteiger partial charge in [0.1, 0.15) is 11.9 Å². The van der Waals surface area contributed by atoms with E-state index in [4.69, 9.17) is 4.52 Å². The predicted octanol–water partition coefficient (Wildman–Crippen LogP) is 2.83. The normalized spacial score (nSPS) is 16.2. The highest BCUT2D eigenvalue weighted by atomic mass is 19.1. The Morgan fingerprint density at radius 3 is 2.85 bits per heavy atom. The number of aromatic nitrogens is 2. The van der Waals surface area contributed by atoms with Crippen LogP contribution in [0.5, 0.6) is 0 Å². The molecule has 1 heterocycles. The van der Waals surface area contributed by atoms with Gasteiger partial charge in [-0.05, 0) is 44.6 Å². The molecule has 1 unspecified atom stereocenters. The third-order valence-corrected chi connectivity index (χ3v) is 4.77. The van der Waals surface area contributed by atoms with Crippen molar-refractivity contribution >= 4 is 5.91 Å². The number of benzene rings is 1. The van der Waals surface area contributed by atoms with Crippen LogP contribution in [0.2, 0.25) is 0 Å². The molecule has 140 valence electrons. The molecule has 1 aliphatic carbocycles. The van der Waals surface area contributed by atoms with Gasteiger partial charge in [0.25, 0.3) is 0 Å². The summed E-state index contributed by atoms with van der Waals surface area (Å²) in [4.78, 5) is 18.8. The van der Waals surface area contributed by atoms with Crippen LogP contribution in [0.4, 0.5) is 4.39 Å². The zero-order chi connectivity index (χ0) is 18.5. The summed E-state index contributed by atoms with van der Waals surface area (Å²) in [6, 6.07) is 5.56. The van der Waals surface area contributed by atoms with Gasteiger partial charge in [0, 0.05) is 18.9 Å². The van der Waals surface area contributed by atoms with Gasteiger partial charge < -0.3 is 9.84 Å². The molecule has 1 aliphatic rings. The van der Waals surface area contributed by atoms with Crippen molar-refractivity contribution in [2.45, 2.75) is 44.1 Å². The van der Waals surface area contributed by atoms with Gasteiger partial charge in [0.15, 0.2) is 5.82 Å². The number of nitrogens with one attached hydrogen (secondary N) is 1. The molecular formula is C19H25FN4O2. The van der Waals surface area contributed by atoms with Crippen molar-refractivity contribution in [2.24, 2.45) is 0 Å². The summed E-state index contributed by atoms with van der Waals surface area (Å²) in [5, 5.41) is 6.89. The van der Waals surface area contributed by atoms with E-state index in [1.807, 2.05) is 0 Å². The molecule has 3 rings (SSSR count). The van der Waals surface area contributed by atoms with Crippen LogP contribution >= 0.6 is 0 Å². The minimum Gasteiger partial charge on any atom is -0.354 e. The number of hydrogen-bond donors (Lipinski definition) is 1. The summed E-state index contributed by atoms with van der Waals surface area (Å²) in [7, 11) is 3.59. The van der Waals surface area contributed by atoms with Gasteiger partial charge in [-0.1, -0.05) is 30.1 Å². The molecule has 1 N–H and O–H groups in total. The summed E-state index contributed by atoms with van der Waals surface area (Å²) in [6.45, 7) is 0.405. The van der Waals surface area contributed by atoms with Crippen LogP contribution in [-0.2, 0) is 11.2 Å². The van der Waals surface area contributed by atoms with Crippen LogP contribution in [0, 0.1) is 5.82 Å². The molecule has 1 fully saturated rings. The molecule has 0 bridgehead atoms. The smallest absolute Gasteiger partial charge is 0.241 e. The second-order valence-corrected chi connectivity index (χ2v) is 6.99. The zero-order valence-electron chi connectivity index (χ0n) is 15.2. The molecule has 0 spiro atoms. The Hall–Kier alpha value is -2.28. The summed E-state index contributed by atoms with van der Waals surface area (Å²) in [6.07, 6.45) is 5.15. The van der Waals surface area contributed by atoms with Crippen LogP contribution in [0.15, 0.2) is 28.8 Å². The summed E-state index contributed by atoms with van der Waals surface area (Å²) < 4.78 is 18.8. The number of carbonyl (C=O) groups excluding carboxylic acids is 1. The second kappa shape index (κ2) is 8.40. The lowest BCUT2D eigenvalue weighted by molar-refractivity contribution is -0.125. The van der Waals surface area contributed by atoms with Gasteiger partial charge in [-0.3, -0.25) is 9.69 Å². The van der Waals surface area contributed by atoms with Gasteiger partial charge in [0.05, 0.1) is 0 Å². The van der Waals surface area contributed by atoms with Crippen molar-refractivity contribution in [2.75, 3.05) is 20.6 Å². The number of halogens is 1. The Kier molecular flexibility index (Phi) is 5.98. The van der Waals surface area contributed by atoms with E-state index in [0.29, 0.717) is 30.3 Å².